The lowest BCUT2D eigenvalue weighted by molar-refractivity contribution is 0.157. The van der Waals surface area contributed by atoms with Crippen LogP contribution >= 0.6 is 0 Å². The van der Waals surface area contributed by atoms with Crippen molar-refractivity contribution < 1.29 is 4.74 Å². The lowest BCUT2D eigenvalue weighted by atomic mass is 10.1. The van der Waals surface area contributed by atoms with Crippen LogP contribution in [-0.2, 0) is 11.3 Å². The highest BCUT2D eigenvalue weighted by Crippen LogP contribution is 2.17. The number of aromatic amines is 1. The molecule has 1 saturated heterocycles. The third-order valence-corrected chi connectivity index (χ3v) is 4.59. The van der Waals surface area contributed by atoms with E-state index < -0.39 is 0 Å². The molecule has 1 aromatic rings. The van der Waals surface area contributed by atoms with E-state index in [1.807, 2.05) is 20.0 Å². The summed E-state index contributed by atoms with van der Waals surface area (Å²) < 4.78 is 5.15. The van der Waals surface area contributed by atoms with Gasteiger partial charge in [-0.15, -0.1) is 0 Å². The maximum absolute atomic E-state index is 12.0. The van der Waals surface area contributed by atoms with Crippen LogP contribution in [0.15, 0.2) is 11.0 Å². The van der Waals surface area contributed by atoms with Crippen molar-refractivity contribution in [2.75, 3.05) is 46.9 Å². The van der Waals surface area contributed by atoms with Crippen molar-refractivity contribution in [1.29, 1.82) is 0 Å². The van der Waals surface area contributed by atoms with E-state index in [0.717, 1.165) is 49.6 Å². The highest BCUT2D eigenvalue weighted by molar-refractivity contribution is 5.23. The van der Waals surface area contributed by atoms with E-state index in [-0.39, 0.29) is 5.43 Å². The van der Waals surface area contributed by atoms with Crippen molar-refractivity contribution in [3.8, 4) is 0 Å². The van der Waals surface area contributed by atoms with Crippen LogP contribution in [0.25, 0.3) is 0 Å². The third kappa shape index (κ3) is 4.41. The van der Waals surface area contributed by atoms with E-state index in [9.17, 15) is 4.79 Å². The number of hydrogen-bond acceptors (Lipinski definition) is 4. The molecule has 1 aliphatic heterocycles. The van der Waals surface area contributed by atoms with E-state index >= 15 is 0 Å². The summed E-state index contributed by atoms with van der Waals surface area (Å²) in [5, 5.41) is 0. The monoisotopic (exact) mass is 307 g/mol. The molecule has 1 N–H and O–H groups in total. The normalized spacial score (nSPS) is 19.2. The van der Waals surface area contributed by atoms with Crippen LogP contribution in [0.1, 0.15) is 23.2 Å². The SMILES string of the molecule is COCCN1CCC(CN(C)Cc2[nH]cc(C)c(=O)c2C)C1. The Hall–Kier alpha value is -1.17. The first-order valence-corrected chi connectivity index (χ1v) is 8.09. The number of H-pyrrole nitrogens is 1. The van der Waals surface area contributed by atoms with Gasteiger partial charge in [0, 0.05) is 56.3 Å². The molecule has 2 heterocycles. The van der Waals surface area contributed by atoms with Gasteiger partial charge in [0.15, 0.2) is 5.43 Å². The topological polar surface area (TPSA) is 48.6 Å². The quantitative estimate of drug-likeness (QED) is 0.827. The fourth-order valence-electron chi connectivity index (χ4n) is 3.23. The summed E-state index contributed by atoms with van der Waals surface area (Å²) in [5.41, 5.74) is 2.83. The molecule has 1 fully saturated rings. The molecule has 1 aliphatic rings. The molecule has 22 heavy (non-hydrogen) atoms. The maximum Gasteiger partial charge on any atom is 0.187 e. The first-order valence-electron chi connectivity index (χ1n) is 8.09. The summed E-state index contributed by atoms with van der Waals surface area (Å²) in [4.78, 5) is 20.1. The van der Waals surface area contributed by atoms with Gasteiger partial charge in [-0.2, -0.15) is 0 Å². The number of methoxy groups -OCH3 is 1. The number of hydrogen-bond donors (Lipinski definition) is 1. The predicted octanol–water partition coefficient (Wildman–Crippen LogP) is 1.39. The zero-order valence-corrected chi connectivity index (χ0v) is 14.3. The van der Waals surface area contributed by atoms with Gasteiger partial charge in [-0.3, -0.25) is 4.79 Å². The van der Waals surface area contributed by atoms with Crippen LogP contribution in [0, 0.1) is 19.8 Å². The van der Waals surface area contributed by atoms with Crippen LogP contribution in [0.3, 0.4) is 0 Å². The highest BCUT2D eigenvalue weighted by atomic mass is 16.5. The summed E-state index contributed by atoms with van der Waals surface area (Å²) in [6.45, 7) is 9.80. The van der Waals surface area contributed by atoms with Gasteiger partial charge in [0.05, 0.1) is 6.61 Å². The van der Waals surface area contributed by atoms with E-state index in [4.69, 9.17) is 4.74 Å². The van der Waals surface area contributed by atoms with Crippen molar-refractivity contribution in [3.63, 3.8) is 0 Å². The smallest absolute Gasteiger partial charge is 0.187 e. The minimum absolute atomic E-state index is 0.161. The zero-order chi connectivity index (χ0) is 16.1. The lowest BCUT2D eigenvalue weighted by Gasteiger charge is -2.22. The molecule has 0 amide bonds. The predicted molar refractivity (Wildman–Crippen MR) is 89.3 cm³/mol. The molecule has 0 aliphatic carbocycles. The molecule has 1 aromatic heterocycles. The van der Waals surface area contributed by atoms with Crippen molar-refractivity contribution in [2.24, 2.45) is 5.92 Å². The van der Waals surface area contributed by atoms with Gasteiger partial charge >= 0.3 is 0 Å². The molecule has 124 valence electrons. The largest absolute Gasteiger partial charge is 0.383 e. The molecule has 1 unspecified atom stereocenters. The molecule has 1 atom stereocenters. The molecule has 5 nitrogen and oxygen atoms in total. The Morgan fingerprint density at radius 1 is 1.45 bits per heavy atom. The molecule has 2 rings (SSSR count). The number of aryl methyl sites for hydroxylation is 1. The Morgan fingerprint density at radius 3 is 2.95 bits per heavy atom. The average Bonchev–Trinajstić information content (AvgIpc) is 2.93. The summed E-state index contributed by atoms with van der Waals surface area (Å²) in [6.07, 6.45) is 3.07. The number of nitrogens with zero attached hydrogens (tertiary/aromatic N) is 2. The number of rotatable bonds is 7. The first kappa shape index (κ1) is 17.2. The van der Waals surface area contributed by atoms with Gasteiger partial charge in [-0.25, -0.2) is 0 Å². The van der Waals surface area contributed by atoms with Crippen LogP contribution in [-0.4, -0.2) is 61.7 Å². The minimum Gasteiger partial charge on any atom is -0.383 e. The second kappa shape index (κ2) is 7.90. The van der Waals surface area contributed by atoms with Gasteiger partial charge in [-0.05, 0) is 39.8 Å². The lowest BCUT2D eigenvalue weighted by Crippen LogP contribution is -2.30. The molecular formula is C17H29N3O2. The van der Waals surface area contributed by atoms with Crippen molar-refractivity contribution in [2.45, 2.75) is 26.8 Å². The number of aromatic nitrogens is 1. The second-order valence-electron chi connectivity index (χ2n) is 6.55. The number of pyridine rings is 1. The number of likely N-dealkylation sites (tertiary alicyclic amines) is 1. The molecule has 0 bridgehead atoms. The Balaban J connectivity index is 1.85. The van der Waals surface area contributed by atoms with Crippen molar-refractivity contribution >= 4 is 0 Å². The summed E-state index contributed by atoms with van der Waals surface area (Å²) in [6, 6.07) is 0. The number of nitrogens with one attached hydrogen (secondary N) is 1. The average molecular weight is 307 g/mol. The van der Waals surface area contributed by atoms with E-state index in [1.54, 1.807) is 7.11 Å². The molecule has 5 heteroatoms. The van der Waals surface area contributed by atoms with E-state index in [0.29, 0.717) is 5.92 Å². The van der Waals surface area contributed by atoms with Gasteiger partial charge in [0.2, 0.25) is 0 Å². The Bertz CT molecular complexity index is 541. The van der Waals surface area contributed by atoms with Crippen LogP contribution in [0.5, 0.6) is 0 Å². The van der Waals surface area contributed by atoms with Crippen LogP contribution < -0.4 is 5.43 Å². The van der Waals surface area contributed by atoms with Gasteiger partial charge in [-0.1, -0.05) is 0 Å². The van der Waals surface area contributed by atoms with Crippen molar-refractivity contribution in [3.05, 3.63) is 33.2 Å². The van der Waals surface area contributed by atoms with Crippen molar-refractivity contribution in [1.82, 2.24) is 14.8 Å². The van der Waals surface area contributed by atoms with Gasteiger partial charge < -0.3 is 19.5 Å². The fraction of sp³-hybridized carbons (Fsp3) is 0.706. The summed E-state index contributed by atoms with van der Waals surface area (Å²) in [5.74, 6) is 0.708. The van der Waals surface area contributed by atoms with E-state index in [1.165, 1.54) is 13.0 Å². The molecule has 0 saturated carbocycles. The van der Waals surface area contributed by atoms with Gasteiger partial charge in [0.25, 0.3) is 0 Å². The molecular weight excluding hydrogens is 278 g/mol. The second-order valence-corrected chi connectivity index (χ2v) is 6.55. The standard InChI is InChI=1S/C17H29N3O2/c1-13-9-18-16(14(2)17(13)21)12-19(3)10-15-5-6-20(11-15)7-8-22-4/h9,15H,5-8,10-12H2,1-4H3,(H,18,21). The fourth-order valence-corrected chi connectivity index (χ4v) is 3.23. The Morgan fingerprint density at radius 2 is 2.23 bits per heavy atom. The molecule has 0 spiro atoms. The minimum atomic E-state index is 0.161. The zero-order valence-electron chi connectivity index (χ0n) is 14.3. The van der Waals surface area contributed by atoms with E-state index in [2.05, 4.69) is 21.8 Å². The Labute approximate surface area is 133 Å². The van der Waals surface area contributed by atoms with Gasteiger partial charge in [0.1, 0.15) is 0 Å². The number of ether oxygens (including phenoxy) is 1. The maximum atomic E-state index is 12.0. The molecule has 0 radical (unpaired) electrons. The summed E-state index contributed by atoms with van der Waals surface area (Å²) >= 11 is 0. The van der Waals surface area contributed by atoms with Crippen LogP contribution in [0.4, 0.5) is 0 Å². The summed E-state index contributed by atoms with van der Waals surface area (Å²) in [7, 11) is 3.89. The molecule has 0 aromatic carbocycles. The third-order valence-electron chi connectivity index (χ3n) is 4.59. The Kier molecular flexibility index (Phi) is 6.17. The van der Waals surface area contributed by atoms with Crippen LogP contribution in [0.2, 0.25) is 0 Å². The highest BCUT2D eigenvalue weighted by Gasteiger charge is 2.23. The first-order chi connectivity index (χ1) is 10.5.